The molecule has 0 saturated carbocycles. The molecule has 4 heteroatoms. The van der Waals surface area contributed by atoms with Gasteiger partial charge in [-0.05, 0) is 73.0 Å². The van der Waals surface area contributed by atoms with E-state index in [1.165, 1.54) is 22.3 Å². The highest BCUT2D eigenvalue weighted by atomic mass is 16.5. The second-order valence-electron chi connectivity index (χ2n) is 8.26. The molecule has 4 aliphatic rings. The summed E-state index contributed by atoms with van der Waals surface area (Å²) >= 11 is 0. The highest BCUT2D eigenvalue weighted by Gasteiger charge is 2.18. The van der Waals surface area contributed by atoms with Gasteiger partial charge in [0.05, 0.1) is 13.1 Å². The molecule has 0 atom stereocenters. The van der Waals surface area contributed by atoms with Crippen LogP contribution in [0.15, 0.2) is 81.2 Å². The lowest BCUT2D eigenvalue weighted by Crippen LogP contribution is -2.16. The average Bonchev–Trinajstić information content (AvgIpc) is 2.82. The molecule has 30 heavy (non-hydrogen) atoms. The summed E-state index contributed by atoms with van der Waals surface area (Å²) in [6, 6.07) is 8.88. The molecule has 0 radical (unpaired) electrons. The van der Waals surface area contributed by atoms with Gasteiger partial charge < -0.3 is 9.47 Å². The summed E-state index contributed by atoms with van der Waals surface area (Å²) in [4.78, 5) is 9.25. The predicted molar refractivity (Wildman–Crippen MR) is 121 cm³/mol. The topological polar surface area (TPSA) is 43.2 Å². The summed E-state index contributed by atoms with van der Waals surface area (Å²) in [5.74, 6) is 3.78. The normalized spacial score (nSPS) is 20.1. The molecular weight excluding hydrogens is 372 g/mol. The van der Waals surface area contributed by atoms with Gasteiger partial charge in [-0.15, -0.1) is 0 Å². The summed E-state index contributed by atoms with van der Waals surface area (Å²) in [5, 5.41) is 0. The summed E-state index contributed by atoms with van der Waals surface area (Å²) in [5.41, 5.74) is 5.31. The van der Waals surface area contributed by atoms with Gasteiger partial charge in [0.15, 0.2) is 11.8 Å². The van der Waals surface area contributed by atoms with Crippen molar-refractivity contribution >= 4 is 11.8 Å². The van der Waals surface area contributed by atoms with Gasteiger partial charge in [0.1, 0.15) is 11.5 Å². The third-order valence-corrected chi connectivity index (χ3v) is 6.09. The molecule has 0 amide bonds. The van der Waals surface area contributed by atoms with Gasteiger partial charge in [0.2, 0.25) is 0 Å². The first-order chi connectivity index (χ1) is 14.8. The van der Waals surface area contributed by atoms with Crippen LogP contribution in [0.25, 0.3) is 0 Å². The zero-order valence-electron chi connectivity index (χ0n) is 17.4. The fourth-order valence-corrected chi connectivity index (χ4v) is 4.23. The molecule has 0 N–H and O–H groups in total. The molecule has 0 fully saturated rings. The zero-order chi connectivity index (χ0) is 20.2. The number of aliphatic imine (C=N–C) groups is 2. The molecule has 154 valence electrons. The Hall–Kier alpha value is -2.88. The van der Waals surface area contributed by atoms with Crippen molar-refractivity contribution in [2.75, 3.05) is 13.1 Å². The van der Waals surface area contributed by atoms with Crippen LogP contribution in [0.3, 0.4) is 0 Å². The Balaban J connectivity index is 1.09. The van der Waals surface area contributed by atoms with E-state index in [1.807, 2.05) is 0 Å². The van der Waals surface area contributed by atoms with Gasteiger partial charge in [-0.1, -0.05) is 36.4 Å². The highest BCUT2D eigenvalue weighted by molar-refractivity contribution is 5.79. The van der Waals surface area contributed by atoms with Crippen LogP contribution in [-0.4, -0.2) is 24.9 Å². The number of ether oxygens (including phenoxy) is 2. The standard InChI is InChI=1S/C26H28N2O2/c1-3-7-23-21(5-1)17-27-25(29-23)15-13-19-9-11-20(12-10-19)14-16-26-28-18-22-6-2-4-8-24(22)30-26/h3-4,7-12H,1-2,5-6,13-18H2. The SMILES string of the molecule is C1=CC2=C(CC1)CN=C(CCc1ccc(CCC3=NCC4=C(C=CCC4)O3)cc1)O2. The lowest BCUT2D eigenvalue weighted by atomic mass is 10.0. The Morgan fingerprint density at radius 3 is 1.57 bits per heavy atom. The minimum Gasteiger partial charge on any atom is -0.443 e. The van der Waals surface area contributed by atoms with E-state index in [9.17, 15) is 0 Å². The third kappa shape index (κ3) is 4.48. The Bertz CT molecular complexity index is 909. The van der Waals surface area contributed by atoms with E-state index >= 15 is 0 Å². The van der Waals surface area contributed by atoms with Crippen molar-refractivity contribution in [3.05, 3.63) is 82.4 Å². The number of aryl methyl sites for hydroxylation is 2. The fourth-order valence-electron chi connectivity index (χ4n) is 4.23. The quantitative estimate of drug-likeness (QED) is 0.622. The summed E-state index contributed by atoms with van der Waals surface area (Å²) in [6.07, 6.45) is 16.5. The highest BCUT2D eigenvalue weighted by Crippen LogP contribution is 2.26. The van der Waals surface area contributed by atoms with E-state index in [0.29, 0.717) is 0 Å². The molecular formula is C26H28N2O2. The van der Waals surface area contributed by atoms with Crippen LogP contribution in [0.1, 0.15) is 49.7 Å². The van der Waals surface area contributed by atoms with Crippen LogP contribution in [0.4, 0.5) is 0 Å². The Labute approximate surface area is 178 Å². The summed E-state index contributed by atoms with van der Waals surface area (Å²) in [6.45, 7) is 1.60. The molecule has 0 bridgehead atoms. The number of hydrogen-bond acceptors (Lipinski definition) is 4. The molecule has 0 spiro atoms. The first kappa shape index (κ1) is 19.1. The lowest BCUT2D eigenvalue weighted by molar-refractivity contribution is 0.394. The van der Waals surface area contributed by atoms with Crippen molar-refractivity contribution in [2.45, 2.75) is 51.4 Å². The van der Waals surface area contributed by atoms with Crippen molar-refractivity contribution in [1.82, 2.24) is 0 Å². The van der Waals surface area contributed by atoms with Crippen LogP contribution in [0.5, 0.6) is 0 Å². The molecule has 0 unspecified atom stereocenters. The first-order valence-corrected chi connectivity index (χ1v) is 11.1. The van der Waals surface area contributed by atoms with Crippen molar-refractivity contribution in [1.29, 1.82) is 0 Å². The van der Waals surface area contributed by atoms with Gasteiger partial charge in [-0.2, -0.15) is 0 Å². The number of benzene rings is 1. The maximum Gasteiger partial charge on any atom is 0.190 e. The Morgan fingerprint density at radius 1 is 0.633 bits per heavy atom. The van der Waals surface area contributed by atoms with Gasteiger partial charge >= 0.3 is 0 Å². The molecule has 2 aliphatic carbocycles. The van der Waals surface area contributed by atoms with E-state index in [4.69, 9.17) is 9.47 Å². The Kier molecular flexibility index (Phi) is 5.65. The maximum atomic E-state index is 5.99. The van der Waals surface area contributed by atoms with Crippen LogP contribution >= 0.6 is 0 Å². The molecule has 0 saturated heterocycles. The van der Waals surface area contributed by atoms with Crippen molar-refractivity contribution in [3.63, 3.8) is 0 Å². The van der Waals surface area contributed by atoms with E-state index in [0.717, 1.165) is 87.8 Å². The minimum absolute atomic E-state index is 0.800. The van der Waals surface area contributed by atoms with Crippen molar-refractivity contribution < 1.29 is 9.47 Å². The van der Waals surface area contributed by atoms with Crippen LogP contribution < -0.4 is 0 Å². The van der Waals surface area contributed by atoms with Gasteiger partial charge in [0.25, 0.3) is 0 Å². The molecule has 5 rings (SSSR count). The first-order valence-electron chi connectivity index (χ1n) is 11.1. The van der Waals surface area contributed by atoms with E-state index in [2.05, 4.69) is 58.6 Å². The van der Waals surface area contributed by atoms with Crippen molar-refractivity contribution in [2.24, 2.45) is 9.98 Å². The fraction of sp³-hybridized carbons (Fsp3) is 0.385. The summed E-state index contributed by atoms with van der Waals surface area (Å²) < 4.78 is 12.0. The van der Waals surface area contributed by atoms with Gasteiger partial charge in [0, 0.05) is 12.8 Å². The monoisotopic (exact) mass is 400 g/mol. The molecule has 4 nitrogen and oxygen atoms in total. The van der Waals surface area contributed by atoms with E-state index in [-0.39, 0.29) is 0 Å². The molecule has 1 aromatic carbocycles. The molecule has 0 aromatic heterocycles. The smallest absolute Gasteiger partial charge is 0.190 e. The Morgan fingerprint density at radius 2 is 1.10 bits per heavy atom. The van der Waals surface area contributed by atoms with E-state index < -0.39 is 0 Å². The molecule has 1 aromatic rings. The molecule has 2 aliphatic heterocycles. The van der Waals surface area contributed by atoms with Gasteiger partial charge in [-0.3, -0.25) is 9.98 Å². The maximum absolute atomic E-state index is 5.99. The summed E-state index contributed by atoms with van der Waals surface area (Å²) in [7, 11) is 0. The number of hydrogen-bond donors (Lipinski definition) is 0. The largest absolute Gasteiger partial charge is 0.443 e. The predicted octanol–water partition coefficient (Wildman–Crippen LogP) is 5.62. The average molecular weight is 401 g/mol. The minimum atomic E-state index is 0.800. The third-order valence-electron chi connectivity index (χ3n) is 6.09. The molecule has 2 heterocycles. The number of nitrogens with zero attached hydrogens (tertiary/aromatic N) is 2. The van der Waals surface area contributed by atoms with Gasteiger partial charge in [-0.25, -0.2) is 0 Å². The van der Waals surface area contributed by atoms with E-state index in [1.54, 1.807) is 0 Å². The van der Waals surface area contributed by atoms with Crippen molar-refractivity contribution in [3.8, 4) is 0 Å². The van der Waals surface area contributed by atoms with Crippen LogP contribution in [0.2, 0.25) is 0 Å². The second-order valence-corrected chi connectivity index (χ2v) is 8.26. The van der Waals surface area contributed by atoms with Crippen LogP contribution in [-0.2, 0) is 22.3 Å². The zero-order valence-corrected chi connectivity index (χ0v) is 17.4. The lowest BCUT2D eigenvalue weighted by Gasteiger charge is -2.21. The second kappa shape index (κ2) is 8.86. The van der Waals surface area contributed by atoms with Crippen LogP contribution in [0, 0.1) is 0 Å². The number of rotatable bonds is 6. The number of allylic oxidation sites excluding steroid dienone is 4.